The second-order valence-corrected chi connectivity index (χ2v) is 2.52. The van der Waals surface area contributed by atoms with Gasteiger partial charge in [0.15, 0.2) is 0 Å². The van der Waals surface area contributed by atoms with Crippen LogP contribution in [0.25, 0.3) is 0 Å². The maximum atomic E-state index is 10.6. The number of rotatable bonds is 4. The first-order chi connectivity index (χ1) is 5.11. The summed E-state index contributed by atoms with van der Waals surface area (Å²) in [7, 11) is 0. The molecule has 0 aliphatic heterocycles. The molecule has 0 radical (unpaired) electrons. The molecule has 1 atom stereocenters. The van der Waals surface area contributed by atoms with E-state index in [9.17, 15) is 4.79 Å². The lowest BCUT2D eigenvalue weighted by molar-refractivity contribution is -0.144. The molecule has 0 N–H and O–H groups in total. The van der Waals surface area contributed by atoms with E-state index in [2.05, 4.69) is 6.58 Å². The molecular formula is C9H16O2. The Morgan fingerprint density at radius 2 is 2.09 bits per heavy atom. The molecule has 0 heterocycles. The quantitative estimate of drug-likeness (QED) is 0.461. The largest absolute Gasteiger partial charge is 0.458 e. The van der Waals surface area contributed by atoms with Gasteiger partial charge in [-0.2, -0.15) is 0 Å². The van der Waals surface area contributed by atoms with Crippen molar-refractivity contribution in [2.75, 3.05) is 0 Å². The summed E-state index contributed by atoms with van der Waals surface area (Å²) < 4.78 is 5.01. The highest BCUT2D eigenvalue weighted by Crippen LogP contribution is 2.11. The molecule has 1 unspecified atom stereocenters. The predicted octanol–water partition coefficient (Wildman–Crippen LogP) is 2.29. The maximum absolute atomic E-state index is 10.6. The second-order valence-electron chi connectivity index (χ2n) is 2.52. The van der Waals surface area contributed by atoms with Crippen molar-refractivity contribution in [2.24, 2.45) is 0 Å². The van der Waals surface area contributed by atoms with Gasteiger partial charge in [0.2, 0.25) is 0 Å². The minimum Gasteiger partial charge on any atom is -0.458 e. The average molecular weight is 156 g/mol. The number of hydrogen-bond acceptors (Lipinski definition) is 2. The van der Waals surface area contributed by atoms with Gasteiger partial charge in [-0.25, -0.2) is 0 Å². The van der Waals surface area contributed by atoms with Crippen LogP contribution in [0.15, 0.2) is 12.2 Å². The summed E-state index contributed by atoms with van der Waals surface area (Å²) in [5, 5.41) is 0. The zero-order chi connectivity index (χ0) is 8.85. The van der Waals surface area contributed by atoms with E-state index in [4.69, 9.17) is 4.74 Å². The monoisotopic (exact) mass is 156 g/mol. The summed E-state index contributed by atoms with van der Waals surface area (Å²) in [6, 6.07) is 0. The van der Waals surface area contributed by atoms with E-state index in [1.165, 1.54) is 6.92 Å². The molecule has 0 aliphatic rings. The van der Waals surface area contributed by atoms with Gasteiger partial charge in [0, 0.05) is 6.92 Å². The van der Waals surface area contributed by atoms with Crippen molar-refractivity contribution in [1.29, 1.82) is 0 Å². The van der Waals surface area contributed by atoms with Gasteiger partial charge >= 0.3 is 5.97 Å². The molecule has 0 spiro atoms. The van der Waals surface area contributed by atoms with Crippen LogP contribution in [0.4, 0.5) is 0 Å². The molecule has 0 rings (SSSR count). The topological polar surface area (TPSA) is 26.3 Å². The molecule has 11 heavy (non-hydrogen) atoms. The first-order valence-electron chi connectivity index (χ1n) is 3.96. The second kappa shape index (κ2) is 4.94. The Labute approximate surface area is 68.2 Å². The standard InChI is InChI=1S/C9H16O2/c1-5-7(3)9(6-2)11-8(4)10/h9H,3,5-6H2,1-2,4H3. The molecule has 0 aromatic heterocycles. The summed E-state index contributed by atoms with van der Waals surface area (Å²) in [5.74, 6) is -0.230. The SMILES string of the molecule is C=C(CC)C(CC)OC(C)=O. The maximum Gasteiger partial charge on any atom is 0.303 e. The van der Waals surface area contributed by atoms with Crippen LogP contribution in [0.5, 0.6) is 0 Å². The Kier molecular flexibility index (Phi) is 4.59. The fraction of sp³-hybridized carbons (Fsp3) is 0.667. The van der Waals surface area contributed by atoms with Gasteiger partial charge in [-0.1, -0.05) is 20.4 Å². The Morgan fingerprint density at radius 3 is 2.36 bits per heavy atom. The van der Waals surface area contributed by atoms with Crippen LogP contribution >= 0.6 is 0 Å². The highest BCUT2D eigenvalue weighted by molar-refractivity contribution is 5.66. The Balaban J connectivity index is 3.94. The summed E-state index contributed by atoms with van der Waals surface area (Å²) in [6.07, 6.45) is 1.59. The van der Waals surface area contributed by atoms with Gasteiger partial charge in [0.05, 0.1) is 0 Å². The molecule has 0 saturated heterocycles. The van der Waals surface area contributed by atoms with E-state index < -0.39 is 0 Å². The van der Waals surface area contributed by atoms with E-state index >= 15 is 0 Å². The Hall–Kier alpha value is -0.790. The lowest BCUT2D eigenvalue weighted by atomic mass is 10.1. The van der Waals surface area contributed by atoms with Gasteiger partial charge in [0.25, 0.3) is 0 Å². The third-order valence-electron chi connectivity index (χ3n) is 1.59. The molecule has 0 aromatic rings. The number of ether oxygens (including phenoxy) is 1. The lowest BCUT2D eigenvalue weighted by Crippen LogP contribution is -2.16. The van der Waals surface area contributed by atoms with Crippen LogP contribution < -0.4 is 0 Å². The molecule has 0 aliphatic carbocycles. The fourth-order valence-electron chi connectivity index (χ4n) is 0.883. The molecule has 2 heteroatoms. The van der Waals surface area contributed by atoms with E-state index in [0.717, 1.165) is 18.4 Å². The van der Waals surface area contributed by atoms with Gasteiger partial charge in [-0.3, -0.25) is 4.79 Å². The van der Waals surface area contributed by atoms with Gasteiger partial charge < -0.3 is 4.74 Å². The summed E-state index contributed by atoms with van der Waals surface area (Å²) in [4.78, 5) is 10.6. The number of hydrogen-bond donors (Lipinski definition) is 0. The number of carbonyl (C=O) groups excluding carboxylic acids is 1. The van der Waals surface area contributed by atoms with Crippen LogP contribution in [-0.2, 0) is 9.53 Å². The zero-order valence-corrected chi connectivity index (χ0v) is 7.52. The van der Waals surface area contributed by atoms with Crippen LogP contribution in [0.3, 0.4) is 0 Å². The molecule has 64 valence electrons. The van der Waals surface area contributed by atoms with Crippen LogP contribution in [0, 0.1) is 0 Å². The molecule has 0 fully saturated rings. The molecule has 0 bridgehead atoms. The average Bonchev–Trinajstić information content (AvgIpc) is 1.98. The normalized spacial score (nSPS) is 12.3. The summed E-state index contributed by atoms with van der Waals surface area (Å²) in [5.41, 5.74) is 0.989. The Bertz CT molecular complexity index is 150. The number of esters is 1. The van der Waals surface area contributed by atoms with Crippen molar-refractivity contribution >= 4 is 5.97 Å². The fourth-order valence-corrected chi connectivity index (χ4v) is 0.883. The molecule has 0 saturated carbocycles. The Morgan fingerprint density at radius 1 is 1.55 bits per heavy atom. The lowest BCUT2D eigenvalue weighted by Gasteiger charge is -2.16. The van der Waals surface area contributed by atoms with Crippen LogP contribution in [-0.4, -0.2) is 12.1 Å². The first-order valence-corrected chi connectivity index (χ1v) is 3.96. The van der Waals surface area contributed by atoms with E-state index in [0.29, 0.717) is 0 Å². The van der Waals surface area contributed by atoms with Crippen LogP contribution in [0.1, 0.15) is 33.6 Å². The van der Waals surface area contributed by atoms with Gasteiger partial charge in [0.1, 0.15) is 6.10 Å². The zero-order valence-electron chi connectivity index (χ0n) is 7.52. The van der Waals surface area contributed by atoms with Gasteiger partial charge in [-0.05, 0) is 18.4 Å². The summed E-state index contributed by atoms with van der Waals surface area (Å²) >= 11 is 0. The van der Waals surface area contributed by atoms with Crippen molar-refractivity contribution in [3.63, 3.8) is 0 Å². The van der Waals surface area contributed by atoms with Crippen molar-refractivity contribution in [3.8, 4) is 0 Å². The third kappa shape index (κ3) is 3.81. The van der Waals surface area contributed by atoms with Crippen LogP contribution in [0.2, 0.25) is 0 Å². The van der Waals surface area contributed by atoms with Gasteiger partial charge in [-0.15, -0.1) is 0 Å². The predicted molar refractivity (Wildman–Crippen MR) is 45.3 cm³/mol. The minimum atomic E-state index is -0.230. The highest BCUT2D eigenvalue weighted by atomic mass is 16.5. The molecular weight excluding hydrogens is 140 g/mol. The van der Waals surface area contributed by atoms with E-state index in [1.807, 2.05) is 13.8 Å². The third-order valence-corrected chi connectivity index (χ3v) is 1.59. The summed E-state index contributed by atoms with van der Waals surface area (Å²) in [6.45, 7) is 9.23. The van der Waals surface area contributed by atoms with E-state index in [-0.39, 0.29) is 12.1 Å². The molecule has 0 aromatic carbocycles. The van der Waals surface area contributed by atoms with Crippen molar-refractivity contribution < 1.29 is 9.53 Å². The highest BCUT2D eigenvalue weighted by Gasteiger charge is 2.10. The number of carbonyl (C=O) groups is 1. The first kappa shape index (κ1) is 10.2. The minimum absolute atomic E-state index is 0.0856. The van der Waals surface area contributed by atoms with Crippen molar-refractivity contribution in [2.45, 2.75) is 39.7 Å². The van der Waals surface area contributed by atoms with Crippen molar-refractivity contribution in [1.82, 2.24) is 0 Å². The molecule has 2 nitrogen and oxygen atoms in total. The van der Waals surface area contributed by atoms with E-state index in [1.54, 1.807) is 0 Å². The smallest absolute Gasteiger partial charge is 0.303 e. The van der Waals surface area contributed by atoms with Crippen molar-refractivity contribution in [3.05, 3.63) is 12.2 Å². The molecule has 0 amide bonds.